The average Bonchev–Trinajstić information content (AvgIpc) is 2.46. The van der Waals surface area contributed by atoms with Gasteiger partial charge in [0.05, 0.1) is 0 Å². The van der Waals surface area contributed by atoms with Crippen molar-refractivity contribution in [1.29, 1.82) is 0 Å². The number of anilines is 1. The minimum atomic E-state index is 0.168. The van der Waals surface area contributed by atoms with Gasteiger partial charge in [-0.3, -0.25) is 4.90 Å². The van der Waals surface area contributed by atoms with Gasteiger partial charge in [0, 0.05) is 36.9 Å². The van der Waals surface area contributed by atoms with Gasteiger partial charge in [0.15, 0.2) is 5.84 Å². The lowest BCUT2D eigenvalue weighted by atomic mass is 10.1. The number of hydrogen-bond donors (Lipinski definition) is 2. The molecule has 0 spiro atoms. The molecule has 5 heteroatoms. The van der Waals surface area contributed by atoms with E-state index in [4.69, 9.17) is 10.9 Å². The molecule has 1 aliphatic rings. The third-order valence-electron chi connectivity index (χ3n) is 3.80. The van der Waals surface area contributed by atoms with Crippen LogP contribution in [0.3, 0.4) is 0 Å². The smallest absolute Gasteiger partial charge is 0.172 e. The number of oxime groups is 1. The largest absolute Gasteiger partial charge is 0.409 e. The Kier molecular flexibility index (Phi) is 4.27. The number of nitrogens with zero attached hydrogens (tertiary/aromatic N) is 3. The fraction of sp³-hybridized carbons (Fsp3) is 0.500. The Balaban J connectivity index is 2.24. The zero-order chi connectivity index (χ0) is 13.8. The van der Waals surface area contributed by atoms with E-state index in [9.17, 15) is 0 Å². The van der Waals surface area contributed by atoms with Gasteiger partial charge in [0.25, 0.3) is 0 Å². The van der Waals surface area contributed by atoms with Crippen molar-refractivity contribution in [3.8, 4) is 0 Å². The maximum atomic E-state index is 8.88. The minimum absolute atomic E-state index is 0.168. The standard InChI is InChI=1S/C14H22N4O/c1-3-17-8-9-18(10-11(17)2)13-7-5-4-6-12(13)14(15)16-19/h4-7,11,19H,3,8-10H2,1-2H3,(H2,15,16). The Bertz CT molecular complexity index is 461. The monoisotopic (exact) mass is 262 g/mol. The molecule has 1 fully saturated rings. The summed E-state index contributed by atoms with van der Waals surface area (Å²) < 4.78 is 0. The third kappa shape index (κ3) is 2.81. The molecule has 1 unspecified atom stereocenters. The van der Waals surface area contributed by atoms with Crippen molar-refractivity contribution < 1.29 is 5.21 Å². The first-order valence-corrected chi connectivity index (χ1v) is 6.73. The molecule has 0 amide bonds. The van der Waals surface area contributed by atoms with E-state index in [0.29, 0.717) is 6.04 Å². The molecule has 2 rings (SSSR count). The second-order valence-electron chi connectivity index (χ2n) is 4.93. The summed E-state index contributed by atoms with van der Waals surface area (Å²) >= 11 is 0. The highest BCUT2D eigenvalue weighted by Crippen LogP contribution is 2.23. The Morgan fingerprint density at radius 1 is 1.42 bits per heavy atom. The molecule has 19 heavy (non-hydrogen) atoms. The van der Waals surface area contributed by atoms with Gasteiger partial charge in [-0.05, 0) is 25.6 Å². The van der Waals surface area contributed by atoms with Crippen molar-refractivity contribution in [1.82, 2.24) is 4.90 Å². The number of benzene rings is 1. The number of hydrogen-bond acceptors (Lipinski definition) is 4. The van der Waals surface area contributed by atoms with E-state index >= 15 is 0 Å². The van der Waals surface area contributed by atoms with E-state index in [1.165, 1.54) is 0 Å². The lowest BCUT2D eigenvalue weighted by Crippen LogP contribution is -2.52. The van der Waals surface area contributed by atoms with Gasteiger partial charge in [-0.25, -0.2) is 0 Å². The van der Waals surface area contributed by atoms with Crippen LogP contribution in [0.5, 0.6) is 0 Å². The number of piperazine rings is 1. The average molecular weight is 262 g/mol. The minimum Gasteiger partial charge on any atom is -0.409 e. The van der Waals surface area contributed by atoms with E-state index < -0.39 is 0 Å². The fourth-order valence-electron chi connectivity index (χ4n) is 2.70. The topological polar surface area (TPSA) is 65.1 Å². The molecule has 1 saturated heterocycles. The van der Waals surface area contributed by atoms with Gasteiger partial charge >= 0.3 is 0 Å². The molecular formula is C14H22N4O. The van der Waals surface area contributed by atoms with Crippen LogP contribution in [0.4, 0.5) is 5.69 Å². The van der Waals surface area contributed by atoms with Crippen LogP contribution >= 0.6 is 0 Å². The first kappa shape index (κ1) is 13.7. The Morgan fingerprint density at radius 3 is 2.79 bits per heavy atom. The highest BCUT2D eigenvalue weighted by molar-refractivity contribution is 6.02. The second kappa shape index (κ2) is 5.93. The van der Waals surface area contributed by atoms with Gasteiger partial charge < -0.3 is 15.8 Å². The van der Waals surface area contributed by atoms with E-state index in [1.54, 1.807) is 0 Å². The summed E-state index contributed by atoms with van der Waals surface area (Å²) in [6, 6.07) is 8.32. The molecule has 104 valence electrons. The molecule has 1 aromatic carbocycles. The number of amidine groups is 1. The molecule has 5 nitrogen and oxygen atoms in total. The summed E-state index contributed by atoms with van der Waals surface area (Å²) in [4.78, 5) is 4.77. The Labute approximate surface area is 114 Å². The van der Waals surface area contributed by atoms with Crippen molar-refractivity contribution in [2.45, 2.75) is 19.9 Å². The van der Waals surface area contributed by atoms with Crippen LogP contribution < -0.4 is 10.6 Å². The molecule has 0 aliphatic carbocycles. The van der Waals surface area contributed by atoms with Crippen LogP contribution in [-0.2, 0) is 0 Å². The molecule has 1 aromatic rings. The van der Waals surface area contributed by atoms with Crippen LogP contribution in [0, 0.1) is 0 Å². The normalized spacial score (nSPS) is 21.7. The lowest BCUT2D eigenvalue weighted by Gasteiger charge is -2.41. The molecule has 1 aliphatic heterocycles. The number of para-hydroxylation sites is 1. The predicted octanol–water partition coefficient (Wildman–Crippen LogP) is 1.31. The summed E-state index contributed by atoms with van der Waals surface area (Å²) in [5.41, 5.74) is 7.59. The van der Waals surface area contributed by atoms with Crippen LogP contribution in [-0.4, -0.2) is 48.2 Å². The lowest BCUT2D eigenvalue weighted by molar-refractivity contribution is 0.199. The van der Waals surface area contributed by atoms with Crippen molar-refractivity contribution in [2.24, 2.45) is 10.9 Å². The van der Waals surface area contributed by atoms with Crippen molar-refractivity contribution in [3.05, 3.63) is 29.8 Å². The SMILES string of the molecule is CCN1CCN(c2ccccc2C(N)=NO)CC1C. The zero-order valence-electron chi connectivity index (χ0n) is 11.6. The van der Waals surface area contributed by atoms with Crippen LogP contribution in [0.25, 0.3) is 0 Å². The molecule has 3 N–H and O–H groups in total. The van der Waals surface area contributed by atoms with E-state index in [-0.39, 0.29) is 5.84 Å². The van der Waals surface area contributed by atoms with Crippen LogP contribution in [0.1, 0.15) is 19.4 Å². The summed E-state index contributed by atoms with van der Waals surface area (Å²) in [5.74, 6) is 0.168. The third-order valence-corrected chi connectivity index (χ3v) is 3.80. The van der Waals surface area contributed by atoms with E-state index in [0.717, 1.165) is 37.4 Å². The van der Waals surface area contributed by atoms with Gasteiger partial charge in [-0.15, -0.1) is 0 Å². The summed E-state index contributed by atoms with van der Waals surface area (Å²) in [6.45, 7) is 8.48. The molecule has 0 aromatic heterocycles. The van der Waals surface area contributed by atoms with Gasteiger partial charge in [-0.2, -0.15) is 0 Å². The van der Waals surface area contributed by atoms with Crippen LogP contribution in [0.15, 0.2) is 29.4 Å². The molecule has 1 atom stereocenters. The van der Waals surface area contributed by atoms with E-state index in [1.807, 2.05) is 24.3 Å². The van der Waals surface area contributed by atoms with Gasteiger partial charge in [0.2, 0.25) is 0 Å². The molecule has 0 bridgehead atoms. The first-order chi connectivity index (χ1) is 9.17. The summed E-state index contributed by atoms with van der Waals surface area (Å²) in [6.07, 6.45) is 0. The van der Waals surface area contributed by atoms with Gasteiger partial charge in [0.1, 0.15) is 0 Å². The highest BCUT2D eigenvalue weighted by Gasteiger charge is 2.24. The number of likely N-dealkylation sites (N-methyl/N-ethyl adjacent to an activating group) is 1. The van der Waals surface area contributed by atoms with E-state index in [2.05, 4.69) is 28.8 Å². The quantitative estimate of drug-likeness (QED) is 0.373. The fourth-order valence-corrected chi connectivity index (χ4v) is 2.70. The van der Waals surface area contributed by atoms with Gasteiger partial charge in [-0.1, -0.05) is 24.2 Å². The van der Waals surface area contributed by atoms with Crippen molar-refractivity contribution >= 4 is 11.5 Å². The maximum absolute atomic E-state index is 8.88. The molecular weight excluding hydrogens is 240 g/mol. The zero-order valence-corrected chi connectivity index (χ0v) is 11.6. The summed E-state index contributed by atoms with van der Waals surface area (Å²) in [5, 5.41) is 12.0. The first-order valence-electron chi connectivity index (χ1n) is 6.73. The Hall–Kier alpha value is -1.75. The molecule has 1 heterocycles. The second-order valence-corrected chi connectivity index (χ2v) is 4.93. The highest BCUT2D eigenvalue weighted by atomic mass is 16.4. The Morgan fingerprint density at radius 2 is 2.16 bits per heavy atom. The maximum Gasteiger partial charge on any atom is 0.172 e. The summed E-state index contributed by atoms with van der Waals surface area (Å²) in [7, 11) is 0. The van der Waals surface area contributed by atoms with Crippen LogP contribution in [0.2, 0.25) is 0 Å². The molecule has 0 saturated carbocycles. The molecule has 0 radical (unpaired) electrons. The number of rotatable bonds is 3. The number of nitrogens with two attached hydrogens (primary N) is 1. The van der Waals surface area contributed by atoms with Crippen molar-refractivity contribution in [2.75, 3.05) is 31.1 Å². The van der Waals surface area contributed by atoms with Crippen molar-refractivity contribution in [3.63, 3.8) is 0 Å². The predicted molar refractivity (Wildman–Crippen MR) is 77.9 cm³/mol.